The Morgan fingerprint density at radius 3 is 0.929 bits per heavy atom. The highest BCUT2D eigenvalue weighted by molar-refractivity contribution is 6.50. The van der Waals surface area contributed by atoms with Gasteiger partial charge in [-0.1, -0.05) is 11.1 Å². The van der Waals surface area contributed by atoms with E-state index in [1.807, 2.05) is 0 Å². The summed E-state index contributed by atoms with van der Waals surface area (Å²) in [6, 6.07) is 0. The molecule has 1 rings (SSSR count). The molecule has 0 bridgehead atoms. The lowest BCUT2D eigenvalue weighted by Gasteiger charge is -2.10. The van der Waals surface area contributed by atoms with Crippen LogP contribution in [0.4, 0.5) is 0 Å². The SMILES string of the molecule is CC(C)=C(C)C.O1[SiH2]O[SiH2]O[SiH2]O[SiH2]1. The zero-order chi connectivity index (χ0) is 10.8. The number of hydrogen-bond acceptors (Lipinski definition) is 4. The maximum Gasteiger partial charge on any atom is 0.286 e. The van der Waals surface area contributed by atoms with E-state index in [-0.39, 0.29) is 0 Å². The second-order valence-electron chi connectivity index (χ2n) is 3.29. The quantitative estimate of drug-likeness (QED) is 0.393. The molecular weight excluding hydrogens is 248 g/mol. The minimum Gasteiger partial charge on any atom is -0.425 e. The lowest BCUT2D eigenvalue weighted by Crippen LogP contribution is -2.23. The monoisotopic (exact) mass is 268 g/mol. The molecule has 1 fully saturated rings. The molecule has 0 aromatic rings. The molecule has 1 aliphatic heterocycles. The Morgan fingerprint density at radius 2 is 0.786 bits per heavy atom. The summed E-state index contributed by atoms with van der Waals surface area (Å²) >= 11 is 0. The van der Waals surface area contributed by atoms with E-state index in [2.05, 4.69) is 27.7 Å². The third-order valence-corrected chi connectivity index (χ3v) is 7.00. The summed E-state index contributed by atoms with van der Waals surface area (Å²) in [7, 11) is -2.61. The second-order valence-corrected chi connectivity index (χ2v) is 10.8. The van der Waals surface area contributed by atoms with Crippen LogP contribution in [0.3, 0.4) is 0 Å². The van der Waals surface area contributed by atoms with Crippen LogP contribution in [0, 0.1) is 0 Å². The van der Waals surface area contributed by atoms with Gasteiger partial charge in [0.2, 0.25) is 0 Å². The molecule has 1 heterocycles. The fourth-order valence-electron chi connectivity index (χ4n) is 0.372. The fourth-order valence-corrected chi connectivity index (χ4v) is 7.59. The summed E-state index contributed by atoms with van der Waals surface area (Å²) in [4.78, 5) is 0. The number of hydrogen-bond donors (Lipinski definition) is 0. The van der Waals surface area contributed by atoms with Gasteiger partial charge < -0.3 is 16.5 Å². The molecule has 8 heteroatoms. The first-order valence-corrected chi connectivity index (χ1v) is 9.18. The Labute approximate surface area is 95.6 Å². The van der Waals surface area contributed by atoms with Crippen molar-refractivity contribution in [3.63, 3.8) is 0 Å². The minimum atomic E-state index is -0.653. The first-order valence-electron chi connectivity index (χ1n) is 4.56. The smallest absolute Gasteiger partial charge is 0.286 e. The highest BCUT2D eigenvalue weighted by atomic mass is 28.4. The van der Waals surface area contributed by atoms with Crippen LogP contribution in [0.15, 0.2) is 11.1 Å². The lowest BCUT2D eigenvalue weighted by molar-refractivity contribution is 0.347. The molecule has 0 unspecified atom stereocenters. The molecule has 1 aliphatic rings. The zero-order valence-corrected chi connectivity index (χ0v) is 15.1. The van der Waals surface area contributed by atoms with Crippen LogP contribution < -0.4 is 0 Å². The predicted octanol–water partition coefficient (Wildman–Crippen LogP) is -1.58. The van der Waals surface area contributed by atoms with Gasteiger partial charge in [0.05, 0.1) is 0 Å². The van der Waals surface area contributed by atoms with E-state index in [1.54, 1.807) is 0 Å². The molecule has 0 aliphatic carbocycles. The summed E-state index contributed by atoms with van der Waals surface area (Å²) in [6.45, 7) is 8.48. The van der Waals surface area contributed by atoms with Crippen molar-refractivity contribution in [3.8, 4) is 0 Å². The standard InChI is InChI=1S/C6H12.H8O4Si4/c1-5(2)6(3)4;1-5-2-7-4-8-3-6-1/h1-4H3;5-8H2. The molecule has 0 N–H and O–H groups in total. The summed E-state index contributed by atoms with van der Waals surface area (Å²) < 4.78 is 20.4. The van der Waals surface area contributed by atoms with Crippen LogP contribution in [-0.2, 0) is 16.5 Å². The van der Waals surface area contributed by atoms with Crippen LogP contribution >= 0.6 is 0 Å². The van der Waals surface area contributed by atoms with Crippen molar-refractivity contribution in [2.45, 2.75) is 27.7 Å². The topological polar surface area (TPSA) is 36.9 Å². The van der Waals surface area contributed by atoms with Crippen molar-refractivity contribution in [2.75, 3.05) is 0 Å². The largest absolute Gasteiger partial charge is 0.425 e. The van der Waals surface area contributed by atoms with Crippen LogP contribution in [0.5, 0.6) is 0 Å². The maximum absolute atomic E-state index is 5.10. The molecular formula is C6H20O4Si4. The predicted molar refractivity (Wildman–Crippen MR) is 68.2 cm³/mol. The maximum atomic E-state index is 5.10. The molecule has 4 nitrogen and oxygen atoms in total. The normalized spacial score (nSPS) is 24.0. The van der Waals surface area contributed by atoms with Crippen LogP contribution in [-0.4, -0.2) is 40.0 Å². The Bertz CT molecular complexity index is 133. The molecule has 0 saturated carbocycles. The summed E-state index contributed by atoms with van der Waals surface area (Å²) in [5, 5.41) is 0. The van der Waals surface area contributed by atoms with E-state index in [4.69, 9.17) is 16.5 Å². The third kappa shape index (κ3) is 10.5. The molecule has 1 saturated heterocycles. The van der Waals surface area contributed by atoms with Gasteiger partial charge >= 0.3 is 0 Å². The van der Waals surface area contributed by atoms with Crippen molar-refractivity contribution in [1.29, 1.82) is 0 Å². The lowest BCUT2D eigenvalue weighted by atomic mass is 10.2. The fraction of sp³-hybridized carbons (Fsp3) is 0.667. The van der Waals surface area contributed by atoms with Gasteiger partial charge in [-0.05, 0) is 27.7 Å². The van der Waals surface area contributed by atoms with E-state index < -0.39 is 40.0 Å². The highest BCUT2D eigenvalue weighted by Gasteiger charge is 1.97. The van der Waals surface area contributed by atoms with Gasteiger partial charge in [-0.15, -0.1) is 0 Å². The van der Waals surface area contributed by atoms with Crippen molar-refractivity contribution in [3.05, 3.63) is 11.1 Å². The molecule has 84 valence electrons. The first-order chi connectivity index (χ1) is 6.64. The van der Waals surface area contributed by atoms with Gasteiger partial charge in [-0.3, -0.25) is 0 Å². The van der Waals surface area contributed by atoms with Crippen molar-refractivity contribution >= 4 is 40.0 Å². The van der Waals surface area contributed by atoms with E-state index in [1.165, 1.54) is 11.1 Å². The van der Waals surface area contributed by atoms with Gasteiger partial charge in [-0.2, -0.15) is 0 Å². The van der Waals surface area contributed by atoms with Gasteiger partial charge in [0.25, 0.3) is 40.0 Å². The van der Waals surface area contributed by atoms with Crippen molar-refractivity contribution < 1.29 is 16.5 Å². The van der Waals surface area contributed by atoms with Crippen LogP contribution in [0.25, 0.3) is 0 Å². The number of rotatable bonds is 0. The molecule has 0 aromatic heterocycles. The van der Waals surface area contributed by atoms with Gasteiger partial charge in [0.1, 0.15) is 0 Å². The molecule has 0 spiro atoms. The highest BCUT2D eigenvalue weighted by Crippen LogP contribution is 1.96. The van der Waals surface area contributed by atoms with Gasteiger partial charge in [-0.25, -0.2) is 0 Å². The van der Waals surface area contributed by atoms with E-state index >= 15 is 0 Å². The van der Waals surface area contributed by atoms with Gasteiger partial charge in [0.15, 0.2) is 0 Å². The minimum absolute atomic E-state index is 0.653. The second kappa shape index (κ2) is 9.98. The molecule has 0 aromatic carbocycles. The Morgan fingerprint density at radius 1 is 0.571 bits per heavy atom. The molecule has 0 amide bonds. The molecule has 0 atom stereocenters. The Hall–Kier alpha value is 0.448. The van der Waals surface area contributed by atoms with Crippen LogP contribution in [0.1, 0.15) is 27.7 Å². The van der Waals surface area contributed by atoms with Crippen molar-refractivity contribution in [2.24, 2.45) is 0 Å². The van der Waals surface area contributed by atoms with Gasteiger partial charge in [0, 0.05) is 0 Å². The zero-order valence-electron chi connectivity index (χ0n) is 9.46. The van der Waals surface area contributed by atoms with E-state index in [0.717, 1.165) is 0 Å². The van der Waals surface area contributed by atoms with Crippen molar-refractivity contribution in [1.82, 2.24) is 0 Å². The summed E-state index contributed by atoms with van der Waals surface area (Å²) in [5.74, 6) is 0. The van der Waals surface area contributed by atoms with E-state index in [0.29, 0.717) is 0 Å². The molecule has 0 radical (unpaired) electrons. The number of allylic oxidation sites excluding steroid dienone is 2. The average Bonchev–Trinajstić information content (AvgIpc) is 2.03. The summed E-state index contributed by atoms with van der Waals surface area (Å²) in [6.07, 6.45) is 0. The average molecular weight is 269 g/mol. The Kier molecular flexibility index (Phi) is 10.3. The van der Waals surface area contributed by atoms with E-state index in [9.17, 15) is 0 Å². The molecule has 14 heavy (non-hydrogen) atoms. The third-order valence-electron chi connectivity index (χ3n) is 1.67. The first kappa shape index (κ1) is 14.4. The van der Waals surface area contributed by atoms with Crippen LogP contribution in [0.2, 0.25) is 0 Å². The Balaban J connectivity index is 0.000000255. The summed E-state index contributed by atoms with van der Waals surface area (Å²) in [5.41, 5.74) is 2.85.